The molecule has 0 radical (unpaired) electrons. The van der Waals surface area contributed by atoms with Crippen LogP contribution >= 0.6 is 22.9 Å². The first-order valence-electron chi connectivity index (χ1n) is 11.5. The van der Waals surface area contributed by atoms with E-state index in [1.807, 2.05) is 37.3 Å². The number of nitro groups is 1. The lowest BCUT2D eigenvalue weighted by molar-refractivity contribution is -0.384. The highest BCUT2D eigenvalue weighted by Crippen LogP contribution is 2.33. The summed E-state index contributed by atoms with van der Waals surface area (Å²) in [5, 5.41) is 11.5. The Balaban J connectivity index is 1.65. The maximum atomic E-state index is 13.7. The van der Waals surface area contributed by atoms with Gasteiger partial charge in [0.1, 0.15) is 11.5 Å². The molecular weight excluding hydrogens is 530 g/mol. The van der Waals surface area contributed by atoms with Gasteiger partial charge in [0.25, 0.3) is 11.2 Å². The summed E-state index contributed by atoms with van der Waals surface area (Å²) >= 11 is 7.43. The number of esters is 1. The van der Waals surface area contributed by atoms with Gasteiger partial charge in [0.05, 0.1) is 38.9 Å². The van der Waals surface area contributed by atoms with E-state index in [-0.39, 0.29) is 11.2 Å². The fourth-order valence-corrected chi connectivity index (χ4v) is 5.55. The van der Waals surface area contributed by atoms with Crippen LogP contribution in [0.4, 0.5) is 5.69 Å². The molecule has 9 nitrogen and oxygen atoms in total. The molecule has 1 atom stereocenters. The summed E-state index contributed by atoms with van der Waals surface area (Å²) in [5.41, 5.74) is 1.53. The molecule has 38 heavy (non-hydrogen) atoms. The first kappa shape index (κ1) is 25.4. The third-order valence-corrected chi connectivity index (χ3v) is 7.40. The lowest BCUT2D eigenvalue weighted by Crippen LogP contribution is -2.40. The predicted molar refractivity (Wildman–Crippen MR) is 143 cm³/mol. The Hall–Kier alpha value is -4.28. The summed E-state index contributed by atoms with van der Waals surface area (Å²) in [5.74, 6) is 0.131. The average Bonchev–Trinajstić information content (AvgIpc) is 3.52. The Bertz CT molecular complexity index is 1780. The second-order valence-electron chi connectivity index (χ2n) is 8.32. The van der Waals surface area contributed by atoms with Gasteiger partial charge in [0.2, 0.25) is 0 Å². The Morgan fingerprint density at radius 3 is 2.68 bits per heavy atom. The summed E-state index contributed by atoms with van der Waals surface area (Å²) in [6, 6.07) is 15.9. The number of rotatable bonds is 6. The van der Waals surface area contributed by atoms with E-state index in [1.165, 1.54) is 41.2 Å². The number of carbonyl (C=O) groups is 1. The maximum Gasteiger partial charge on any atom is 0.338 e. The molecule has 1 aliphatic rings. The Morgan fingerprint density at radius 2 is 2.00 bits per heavy atom. The van der Waals surface area contributed by atoms with E-state index in [4.69, 9.17) is 20.8 Å². The number of ether oxygens (including phenoxy) is 1. The smallest absolute Gasteiger partial charge is 0.338 e. The number of carbonyl (C=O) groups excluding carboxylic acids is 1. The van der Waals surface area contributed by atoms with Crippen LogP contribution in [0.25, 0.3) is 17.4 Å². The van der Waals surface area contributed by atoms with Crippen molar-refractivity contribution in [1.82, 2.24) is 4.57 Å². The fourth-order valence-electron chi connectivity index (χ4n) is 4.33. The van der Waals surface area contributed by atoms with E-state index >= 15 is 0 Å². The molecule has 2 aromatic carbocycles. The molecule has 4 aromatic rings. The van der Waals surface area contributed by atoms with Gasteiger partial charge in [-0.05, 0) is 30.2 Å². The SMILES string of the molecule is CCC1=C(C(=O)OC)[C@@H](c2ccccc2)n2c(s/c(=C\c3ccc(-c4cc([N+](=O)[O-])ccc4Cl)o3)c2=O)=N1. The van der Waals surface area contributed by atoms with Crippen molar-refractivity contribution in [3.63, 3.8) is 0 Å². The molecule has 3 heterocycles. The highest BCUT2D eigenvalue weighted by Gasteiger charge is 2.33. The van der Waals surface area contributed by atoms with Gasteiger partial charge in [-0.3, -0.25) is 19.5 Å². The van der Waals surface area contributed by atoms with Crippen molar-refractivity contribution in [3.8, 4) is 11.3 Å². The third kappa shape index (κ3) is 4.48. The highest BCUT2D eigenvalue weighted by molar-refractivity contribution is 7.07. The summed E-state index contributed by atoms with van der Waals surface area (Å²) in [4.78, 5) is 42.3. The molecule has 2 aromatic heterocycles. The van der Waals surface area contributed by atoms with Gasteiger partial charge in [-0.2, -0.15) is 0 Å². The zero-order valence-corrected chi connectivity index (χ0v) is 21.8. The van der Waals surface area contributed by atoms with Gasteiger partial charge in [-0.25, -0.2) is 9.79 Å². The van der Waals surface area contributed by atoms with E-state index in [2.05, 4.69) is 4.99 Å². The summed E-state index contributed by atoms with van der Waals surface area (Å²) < 4.78 is 12.8. The molecule has 192 valence electrons. The van der Waals surface area contributed by atoms with Crippen molar-refractivity contribution >= 4 is 40.7 Å². The normalized spacial score (nSPS) is 15.2. The minimum Gasteiger partial charge on any atom is -0.466 e. The number of thiazole rings is 1. The van der Waals surface area contributed by atoms with Crippen LogP contribution in [-0.2, 0) is 9.53 Å². The number of fused-ring (bicyclic) bond motifs is 1. The number of nitro benzene ring substituents is 1. The number of benzene rings is 2. The number of hydrogen-bond acceptors (Lipinski definition) is 8. The van der Waals surface area contributed by atoms with Crippen molar-refractivity contribution in [1.29, 1.82) is 0 Å². The third-order valence-electron chi connectivity index (χ3n) is 6.09. The van der Waals surface area contributed by atoms with Crippen molar-refractivity contribution in [2.45, 2.75) is 19.4 Å². The molecule has 0 N–H and O–H groups in total. The molecular formula is C27H20ClN3O6S. The molecule has 0 aliphatic carbocycles. The first-order chi connectivity index (χ1) is 18.3. The van der Waals surface area contributed by atoms with E-state index in [9.17, 15) is 19.7 Å². The van der Waals surface area contributed by atoms with E-state index < -0.39 is 16.9 Å². The lowest BCUT2D eigenvalue weighted by atomic mass is 9.95. The van der Waals surface area contributed by atoms with E-state index in [0.717, 1.165) is 5.56 Å². The molecule has 11 heteroatoms. The minimum atomic E-state index is -0.701. The van der Waals surface area contributed by atoms with Crippen molar-refractivity contribution < 1.29 is 18.9 Å². The monoisotopic (exact) mass is 549 g/mol. The number of furan rings is 1. The molecule has 0 saturated heterocycles. The quantitative estimate of drug-likeness (QED) is 0.197. The van der Waals surface area contributed by atoms with Crippen LogP contribution in [0.5, 0.6) is 0 Å². The number of allylic oxidation sites excluding steroid dienone is 1. The van der Waals surface area contributed by atoms with Crippen LogP contribution < -0.4 is 14.9 Å². The number of aromatic nitrogens is 1. The second-order valence-corrected chi connectivity index (χ2v) is 9.74. The van der Waals surface area contributed by atoms with Crippen LogP contribution in [0.3, 0.4) is 0 Å². The van der Waals surface area contributed by atoms with Crippen LogP contribution in [0, 0.1) is 10.1 Å². The van der Waals surface area contributed by atoms with Gasteiger partial charge < -0.3 is 9.15 Å². The zero-order valence-electron chi connectivity index (χ0n) is 20.2. The summed E-state index contributed by atoms with van der Waals surface area (Å²) in [6.07, 6.45) is 2.05. The molecule has 0 spiro atoms. The number of hydrogen-bond donors (Lipinski definition) is 0. The van der Waals surface area contributed by atoms with Crippen LogP contribution in [0.1, 0.15) is 30.7 Å². The largest absolute Gasteiger partial charge is 0.466 e. The maximum absolute atomic E-state index is 13.7. The number of methoxy groups -OCH3 is 1. The van der Waals surface area contributed by atoms with Gasteiger partial charge in [0, 0.05) is 23.8 Å². The molecule has 0 amide bonds. The Labute approximate surface area is 224 Å². The first-order valence-corrected chi connectivity index (χ1v) is 12.7. The minimum absolute atomic E-state index is 0.121. The van der Waals surface area contributed by atoms with Gasteiger partial charge in [0.15, 0.2) is 4.80 Å². The van der Waals surface area contributed by atoms with Crippen molar-refractivity contribution in [2.75, 3.05) is 7.11 Å². The molecule has 1 aliphatic heterocycles. The fraction of sp³-hybridized carbons (Fsp3) is 0.148. The standard InChI is InChI=1S/C27H20ClN3O6S/c1-3-20-23(26(33)36-2)24(15-7-5-4-6-8-15)30-25(32)22(38-27(30)29-20)14-17-10-12-21(37-17)18-13-16(31(34)35)9-11-19(18)28/h4-14,24H,3H2,1-2H3/b22-14-/t24-/m1/s1. The van der Waals surface area contributed by atoms with Crippen LogP contribution in [0.2, 0.25) is 5.02 Å². The number of non-ortho nitro benzene ring substituents is 1. The average molecular weight is 550 g/mol. The number of nitrogens with zero attached hydrogens (tertiary/aromatic N) is 3. The van der Waals surface area contributed by atoms with Crippen molar-refractivity contribution in [2.24, 2.45) is 4.99 Å². The second kappa shape index (κ2) is 10.2. The van der Waals surface area contributed by atoms with Gasteiger partial charge in [-0.15, -0.1) is 0 Å². The van der Waals surface area contributed by atoms with Crippen molar-refractivity contribution in [3.05, 3.63) is 118 Å². The van der Waals surface area contributed by atoms with Gasteiger partial charge >= 0.3 is 5.97 Å². The number of halogens is 1. The zero-order chi connectivity index (χ0) is 27.0. The highest BCUT2D eigenvalue weighted by atomic mass is 35.5. The topological polar surface area (TPSA) is 117 Å². The lowest BCUT2D eigenvalue weighted by Gasteiger charge is -2.25. The Kier molecular flexibility index (Phi) is 6.83. The molecule has 0 saturated carbocycles. The van der Waals surface area contributed by atoms with E-state index in [0.29, 0.717) is 49.1 Å². The predicted octanol–water partition coefficient (Wildman–Crippen LogP) is 4.62. The van der Waals surface area contributed by atoms with Crippen LogP contribution in [-0.4, -0.2) is 22.6 Å². The Morgan fingerprint density at radius 1 is 1.24 bits per heavy atom. The molecule has 5 rings (SSSR count). The summed E-state index contributed by atoms with van der Waals surface area (Å²) in [7, 11) is 1.30. The van der Waals surface area contributed by atoms with E-state index in [1.54, 1.807) is 18.2 Å². The van der Waals surface area contributed by atoms with Gasteiger partial charge in [-0.1, -0.05) is 60.2 Å². The summed E-state index contributed by atoms with van der Waals surface area (Å²) in [6.45, 7) is 1.89. The molecule has 0 bridgehead atoms. The molecule has 0 fully saturated rings. The molecule has 0 unspecified atom stereocenters. The van der Waals surface area contributed by atoms with Crippen LogP contribution in [0.15, 0.2) is 86.1 Å².